The highest BCUT2D eigenvalue weighted by atomic mass is 19.4. The van der Waals surface area contributed by atoms with Crippen molar-refractivity contribution in [1.82, 2.24) is 25.1 Å². The van der Waals surface area contributed by atoms with Crippen molar-refractivity contribution >= 4 is 11.3 Å². The number of hydrogen-bond acceptors (Lipinski definition) is 8. The maximum absolute atomic E-state index is 12.7. The average molecular weight is 463 g/mol. The first kappa shape index (κ1) is 21.7. The van der Waals surface area contributed by atoms with E-state index < -0.39 is 6.36 Å². The molecule has 3 N–H and O–H groups in total. The third kappa shape index (κ3) is 4.15. The van der Waals surface area contributed by atoms with Gasteiger partial charge in [0.25, 0.3) is 0 Å². The molecule has 2 aliphatic rings. The lowest BCUT2D eigenvalue weighted by Gasteiger charge is -2.33. The van der Waals surface area contributed by atoms with Crippen LogP contribution in [0.2, 0.25) is 0 Å². The first-order chi connectivity index (χ1) is 15.8. The van der Waals surface area contributed by atoms with Crippen LogP contribution < -0.4 is 25.4 Å². The molecule has 0 amide bonds. The van der Waals surface area contributed by atoms with E-state index in [1.807, 2.05) is 11.9 Å². The topological polar surface area (TPSA) is 103 Å². The number of benzene rings is 1. The van der Waals surface area contributed by atoms with E-state index in [2.05, 4.69) is 20.3 Å². The Labute approximate surface area is 187 Å². The molecule has 0 bridgehead atoms. The number of rotatable bonds is 4. The maximum atomic E-state index is 12.7. The SMILES string of the molecule is CN1CCOc2c(C(N)C3CCNCC3)nn3c(-c4cccc(OC(F)(F)F)c4)nnc3c21. The Bertz CT molecular complexity index is 1160. The third-order valence-corrected chi connectivity index (χ3v) is 6.10. The van der Waals surface area contributed by atoms with Crippen molar-refractivity contribution < 1.29 is 22.6 Å². The molecule has 4 heterocycles. The van der Waals surface area contributed by atoms with Crippen molar-refractivity contribution in [1.29, 1.82) is 0 Å². The van der Waals surface area contributed by atoms with Gasteiger partial charge in [0.2, 0.25) is 5.65 Å². The van der Waals surface area contributed by atoms with Gasteiger partial charge in [-0.2, -0.15) is 9.61 Å². The first-order valence-corrected chi connectivity index (χ1v) is 10.8. The molecule has 0 radical (unpaired) electrons. The van der Waals surface area contributed by atoms with Crippen LogP contribution in [0.15, 0.2) is 24.3 Å². The van der Waals surface area contributed by atoms with Gasteiger partial charge in [-0.15, -0.1) is 23.4 Å². The quantitative estimate of drug-likeness (QED) is 0.609. The van der Waals surface area contributed by atoms with Gasteiger partial charge < -0.3 is 25.4 Å². The predicted octanol–water partition coefficient (Wildman–Crippen LogP) is 2.52. The summed E-state index contributed by atoms with van der Waals surface area (Å²) in [4.78, 5) is 2.01. The fourth-order valence-corrected chi connectivity index (χ4v) is 4.44. The van der Waals surface area contributed by atoms with Gasteiger partial charge in [0, 0.05) is 12.6 Å². The smallest absolute Gasteiger partial charge is 0.487 e. The zero-order valence-corrected chi connectivity index (χ0v) is 18.0. The number of halogens is 3. The largest absolute Gasteiger partial charge is 0.573 e. The second-order valence-corrected chi connectivity index (χ2v) is 8.28. The van der Waals surface area contributed by atoms with Crippen molar-refractivity contribution in [3.63, 3.8) is 0 Å². The van der Waals surface area contributed by atoms with Crippen LogP contribution in [0.25, 0.3) is 17.0 Å². The minimum Gasteiger partial charge on any atom is -0.487 e. The average Bonchev–Trinajstić information content (AvgIpc) is 3.21. The number of anilines is 1. The second-order valence-electron chi connectivity index (χ2n) is 8.28. The van der Waals surface area contributed by atoms with Gasteiger partial charge in [0.15, 0.2) is 11.6 Å². The summed E-state index contributed by atoms with van der Waals surface area (Å²) >= 11 is 0. The van der Waals surface area contributed by atoms with E-state index in [1.54, 1.807) is 6.07 Å². The van der Waals surface area contributed by atoms with Gasteiger partial charge in [-0.25, -0.2) is 0 Å². The zero-order valence-electron chi connectivity index (χ0n) is 18.0. The summed E-state index contributed by atoms with van der Waals surface area (Å²) in [5.74, 6) is 0.759. The molecule has 9 nitrogen and oxygen atoms in total. The second kappa shape index (κ2) is 8.34. The molecule has 0 aliphatic carbocycles. The number of fused-ring (bicyclic) bond motifs is 3. The number of nitrogens with one attached hydrogen (secondary N) is 1. The number of alkyl halides is 3. The van der Waals surface area contributed by atoms with Gasteiger partial charge >= 0.3 is 6.36 Å². The molecule has 0 saturated carbocycles. The van der Waals surface area contributed by atoms with Crippen LogP contribution in [-0.2, 0) is 0 Å². The predicted molar refractivity (Wildman–Crippen MR) is 114 cm³/mol. The molecule has 1 unspecified atom stereocenters. The first-order valence-electron chi connectivity index (χ1n) is 10.8. The van der Waals surface area contributed by atoms with Crippen LogP contribution in [-0.4, -0.2) is 59.5 Å². The third-order valence-electron chi connectivity index (χ3n) is 6.10. The summed E-state index contributed by atoms with van der Waals surface area (Å²) in [5, 5.41) is 16.6. The molecule has 5 rings (SSSR count). The summed E-state index contributed by atoms with van der Waals surface area (Å²) in [6, 6.07) is 5.22. The van der Waals surface area contributed by atoms with Crippen LogP contribution >= 0.6 is 0 Å². The Balaban J connectivity index is 1.64. The lowest BCUT2D eigenvalue weighted by atomic mass is 9.88. The maximum Gasteiger partial charge on any atom is 0.573 e. The van der Waals surface area contributed by atoms with Gasteiger partial charge in [-0.3, -0.25) is 0 Å². The van der Waals surface area contributed by atoms with Gasteiger partial charge in [-0.05, 0) is 44.0 Å². The molecule has 1 aromatic carbocycles. The molecule has 1 fully saturated rings. The summed E-state index contributed by atoms with van der Waals surface area (Å²) in [5.41, 5.74) is 8.85. The Morgan fingerprint density at radius 3 is 2.79 bits per heavy atom. The highest BCUT2D eigenvalue weighted by Crippen LogP contribution is 2.42. The highest BCUT2D eigenvalue weighted by Gasteiger charge is 2.33. The number of hydrogen-bond donors (Lipinski definition) is 2. The van der Waals surface area contributed by atoms with Crippen molar-refractivity contribution in [3.05, 3.63) is 30.0 Å². The van der Waals surface area contributed by atoms with E-state index in [0.717, 1.165) is 31.6 Å². The van der Waals surface area contributed by atoms with E-state index >= 15 is 0 Å². The van der Waals surface area contributed by atoms with E-state index in [-0.39, 0.29) is 23.5 Å². The molecular weight excluding hydrogens is 439 g/mol. The molecule has 33 heavy (non-hydrogen) atoms. The summed E-state index contributed by atoms with van der Waals surface area (Å²) in [6.07, 6.45) is -2.97. The molecule has 176 valence electrons. The Hall–Kier alpha value is -3.12. The van der Waals surface area contributed by atoms with Crippen LogP contribution in [0.3, 0.4) is 0 Å². The number of aromatic nitrogens is 4. The zero-order chi connectivity index (χ0) is 23.2. The Morgan fingerprint density at radius 2 is 2.03 bits per heavy atom. The molecule has 2 aromatic heterocycles. The van der Waals surface area contributed by atoms with Crippen LogP contribution in [0, 0.1) is 5.92 Å². The Morgan fingerprint density at radius 1 is 1.24 bits per heavy atom. The monoisotopic (exact) mass is 463 g/mol. The minimum atomic E-state index is -4.79. The van der Waals surface area contributed by atoms with E-state index in [1.165, 1.54) is 22.7 Å². The molecule has 1 atom stereocenters. The van der Waals surface area contributed by atoms with E-state index in [0.29, 0.717) is 35.8 Å². The van der Waals surface area contributed by atoms with Crippen molar-refractivity contribution in [2.45, 2.75) is 25.2 Å². The summed E-state index contributed by atoms with van der Waals surface area (Å²) in [6.45, 7) is 2.90. The number of piperidine rings is 1. The summed E-state index contributed by atoms with van der Waals surface area (Å²) < 4.78 is 49.8. The molecule has 2 aliphatic heterocycles. The fourth-order valence-electron chi connectivity index (χ4n) is 4.44. The van der Waals surface area contributed by atoms with Gasteiger partial charge in [0.05, 0.1) is 12.6 Å². The van der Waals surface area contributed by atoms with Crippen LogP contribution in [0.5, 0.6) is 11.5 Å². The Kier molecular flexibility index (Phi) is 5.49. The van der Waals surface area contributed by atoms with Crippen molar-refractivity contribution in [2.75, 3.05) is 38.2 Å². The van der Waals surface area contributed by atoms with Crippen molar-refractivity contribution in [3.8, 4) is 22.9 Å². The standard InChI is InChI=1S/C21H24F3N7O2/c1-30-9-10-32-18-16(15(25)12-5-7-26-8-6-12)29-31-19(27-28-20(31)17(18)30)13-3-2-4-14(11-13)33-21(22,23)24/h2-4,11-12,15,26H,5-10,25H2,1H3. The van der Waals surface area contributed by atoms with Crippen LogP contribution in [0.1, 0.15) is 24.6 Å². The van der Waals surface area contributed by atoms with Crippen molar-refractivity contribution in [2.24, 2.45) is 11.7 Å². The molecule has 3 aromatic rings. The number of likely N-dealkylation sites (N-methyl/N-ethyl adjacent to an activating group) is 1. The number of ether oxygens (including phenoxy) is 2. The van der Waals surface area contributed by atoms with Gasteiger partial charge in [-0.1, -0.05) is 12.1 Å². The van der Waals surface area contributed by atoms with E-state index in [4.69, 9.17) is 15.6 Å². The highest BCUT2D eigenvalue weighted by molar-refractivity contribution is 5.79. The van der Waals surface area contributed by atoms with Gasteiger partial charge in [0.1, 0.15) is 23.7 Å². The number of nitrogens with zero attached hydrogens (tertiary/aromatic N) is 5. The minimum absolute atomic E-state index is 0.222. The molecule has 12 heteroatoms. The molecule has 0 spiro atoms. The van der Waals surface area contributed by atoms with E-state index in [9.17, 15) is 13.2 Å². The summed E-state index contributed by atoms with van der Waals surface area (Å²) in [7, 11) is 1.92. The lowest BCUT2D eigenvalue weighted by Crippen LogP contribution is -2.36. The number of nitrogens with two attached hydrogens (primary N) is 1. The molecule has 1 saturated heterocycles. The fraction of sp³-hybridized carbons (Fsp3) is 0.476. The lowest BCUT2D eigenvalue weighted by molar-refractivity contribution is -0.274. The molecular formula is C21H24F3N7O2. The van der Waals surface area contributed by atoms with Crippen LogP contribution in [0.4, 0.5) is 18.9 Å². The normalized spacial score (nSPS) is 18.2.